The summed E-state index contributed by atoms with van der Waals surface area (Å²) in [6.07, 6.45) is 1.22. The largest absolute Gasteiger partial charge is 0.388 e. The minimum absolute atomic E-state index is 0.0782. The predicted octanol–water partition coefficient (Wildman–Crippen LogP) is -0.241. The minimum atomic E-state index is -0.149. The summed E-state index contributed by atoms with van der Waals surface area (Å²) < 4.78 is 10.2. The molecule has 1 unspecified atom stereocenters. The highest BCUT2D eigenvalue weighted by Gasteiger charge is 2.21. The topological polar surface area (TPSA) is 101 Å². The second kappa shape index (κ2) is 7.88. The molecular weight excluding hydrogens is 236 g/mol. The van der Waals surface area contributed by atoms with Crippen LogP contribution in [0.4, 0.5) is 4.79 Å². The fourth-order valence-electron chi connectivity index (χ4n) is 1.69. The van der Waals surface area contributed by atoms with E-state index in [0.29, 0.717) is 39.3 Å². The van der Waals surface area contributed by atoms with Crippen molar-refractivity contribution in [3.63, 3.8) is 0 Å². The van der Waals surface area contributed by atoms with Crippen LogP contribution in [0.15, 0.2) is 0 Å². The molecule has 0 saturated carbocycles. The Morgan fingerprint density at radius 2 is 2.39 bits per heavy atom. The van der Waals surface area contributed by atoms with Crippen LogP contribution in [0.5, 0.6) is 0 Å². The molecule has 7 heteroatoms. The van der Waals surface area contributed by atoms with Crippen molar-refractivity contribution in [2.45, 2.75) is 18.9 Å². The van der Waals surface area contributed by atoms with Crippen LogP contribution in [-0.4, -0.2) is 62.8 Å². The SMILES string of the molecule is COCCN(CCC(=N)N)C(=O)NC1CCOC1. The summed E-state index contributed by atoms with van der Waals surface area (Å²) in [7, 11) is 1.59. The monoisotopic (exact) mass is 258 g/mol. The van der Waals surface area contributed by atoms with E-state index in [0.717, 1.165) is 6.42 Å². The lowest BCUT2D eigenvalue weighted by atomic mass is 10.2. The number of hydrogen-bond acceptors (Lipinski definition) is 4. The number of methoxy groups -OCH3 is 1. The number of urea groups is 1. The van der Waals surface area contributed by atoms with E-state index >= 15 is 0 Å². The number of ether oxygens (including phenoxy) is 2. The fourth-order valence-corrected chi connectivity index (χ4v) is 1.69. The van der Waals surface area contributed by atoms with Crippen molar-refractivity contribution >= 4 is 11.9 Å². The lowest BCUT2D eigenvalue weighted by molar-refractivity contribution is 0.146. The van der Waals surface area contributed by atoms with Crippen molar-refractivity contribution < 1.29 is 14.3 Å². The Morgan fingerprint density at radius 3 is 2.94 bits per heavy atom. The highest BCUT2D eigenvalue weighted by molar-refractivity contribution is 5.79. The molecule has 1 aliphatic heterocycles. The van der Waals surface area contributed by atoms with Crippen LogP contribution in [0.1, 0.15) is 12.8 Å². The molecule has 104 valence electrons. The summed E-state index contributed by atoms with van der Waals surface area (Å²) in [6, 6.07) is -0.0660. The van der Waals surface area contributed by atoms with Crippen LogP contribution in [0.3, 0.4) is 0 Å². The number of nitrogens with one attached hydrogen (secondary N) is 2. The Bertz CT molecular complexity index is 279. The Balaban J connectivity index is 2.40. The van der Waals surface area contributed by atoms with Crippen LogP contribution in [0.25, 0.3) is 0 Å². The zero-order chi connectivity index (χ0) is 13.4. The molecule has 0 radical (unpaired) electrons. The van der Waals surface area contributed by atoms with Gasteiger partial charge < -0.3 is 25.4 Å². The average molecular weight is 258 g/mol. The van der Waals surface area contributed by atoms with Gasteiger partial charge in [-0.3, -0.25) is 5.41 Å². The van der Waals surface area contributed by atoms with E-state index in [4.69, 9.17) is 20.6 Å². The van der Waals surface area contributed by atoms with Gasteiger partial charge in [-0.25, -0.2) is 4.79 Å². The molecule has 1 aliphatic rings. The van der Waals surface area contributed by atoms with Gasteiger partial charge in [0.1, 0.15) is 0 Å². The second-order valence-electron chi connectivity index (χ2n) is 4.27. The van der Waals surface area contributed by atoms with Gasteiger partial charge in [0, 0.05) is 33.2 Å². The maximum Gasteiger partial charge on any atom is 0.317 e. The Kier molecular flexibility index (Phi) is 6.45. The normalized spacial score (nSPS) is 18.6. The second-order valence-corrected chi connectivity index (χ2v) is 4.27. The van der Waals surface area contributed by atoms with E-state index in [2.05, 4.69) is 5.32 Å². The molecule has 0 aliphatic carbocycles. The standard InChI is InChI=1S/C11H22N4O3/c1-17-7-5-15(4-2-10(12)13)11(16)14-9-3-6-18-8-9/h9H,2-8H2,1H3,(H3,12,13)(H,14,16). The van der Waals surface area contributed by atoms with Gasteiger partial charge in [-0.15, -0.1) is 0 Å². The first-order valence-electron chi connectivity index (χ1n) is 6.08. The van der Waals surface area contributed by atoms with E-state index in [-0.39, 0.29) is 17.9 Å². The Morgan fingerprint density at radius 1 is 1.61 bits per heavy atom. The Labute approximate surface area is 107 Å². The van der Waals surface area contributed by atoms with Crippen molar-refractivity contribution in [2.24, 2.45) is 5.73 Å². The molecule has 7 nitrogen and oxygen atoms in total. The van der Waals surface area contributed by atoms with Gasteiger partial charge in [0.25, 0.3) is 0 Å². The number of hydrogen-bond donors (Lipinski definition) is 3. The first kappa shape index (κ1) is 14.7. The predicted molar refractivity (Wildman–Crippen MR) is 67.7 cm³/mol. The molecule has 1 heterocycles. The number of carbonyl (C=O) groups is 1. The Hall–Kier alpha value is -1.34. The summed E-state index contributed by atoms with van der Waals surface area (Å²) in [6.45, 7) is 2.64. The number of amides is 2. The van der Waals surface area contributed by atoms with Crippen LogP contribution in [0, 0.1) is 5.41 Å². The molecule has 4 N–H and O–H groups in total. The van der Waals surface area contributed by atoms with E-state index in [1.165, 1.54) is 0 Å². The maximum atomic E-state index is 12.0. The van der Waals surface area contributed by atoms with Gasteiger partial charge >= 0.3 is 6.03 Å². The van der Waals surface area contributed by atoms with Crippen LogP contribution >= 0.6 is 0 Å². The molecule has 1 rings (SSSR count). The summed E-state index contributed by atoms with van der Waals surface area (Å²) >= 11 is 0. The summed E-state index contributed by atoms with van der Waals surface area (Å²) in [4.78, 5) is 13.6. The third-order valence-corrected chi connectivity index (χ3v) is 2.76. The molecule has 1 saturated heterocycles. The van der Waals surface area contributed by atoms with Crippen LogP contribution in [0.2, 0.25) is 0 Å². The van der Waals surface area contributed by atoms with E-state index < -0.39 is 0 Å². The number of carbonyl (C=O) groups excluding carboxylic acids is 1. The van der Waals surface area contributed by atoms with Gasteiger partial charge in [0.05, 0.1) is 25.1 Å². The molecule has 18 heavy (non-hydrogen) atoms. The van der Waals surface area contributed by atoms with E-state index in [1.807, 2.05) is 0 Å². The summed E-state index contributed by atoms with van der Waals surface area (Å²) in [5.41, 5.74) is 5.31. The maximum absolute atomic E-state index is 12.0. The van der Waals surface area contributed by atoms with E-state index in [1.54, 1.807) is 12.0 Å². The first-order valence-corrected chi connectivity index (χ1v) is 6.08. The zero-order valence-corrected chi connectivity index (χ0v) is 10.8. The van der Waals surface area contributed by atoms with Gasteiger partial charge in [0.15, 0.2) is 0 Å². The minimum Gasteiger partial charge on any atom is -0.388 e. The van der Waals surface area contributed by atoms with Gasteiger partial charge in [-0.2, -0.15) is 0 Å². The van der Waals surface area contributed by atoms with Gasteiger partial charge in [-0.05, 0) is 6.42 Å². The highest BCUT2D eigenvalue weighted by atomic mass is 16.5. The fraction of sp³-hybridized carbons (Fsp3) is 0.818. The molecule has 1 fully saturated rings. The van der Waals surface area contributed by atoms with Gasteiger partial charge in [-0.1, -0.05) is 0 Å². The summed E-state index contributed by atoms with van der Waals surface area (Å²) in [5.74, 6) is 0.0782. The lowest BCUT2D eigenvalue weighted by Crippen LogP contribution is -2.47. The highest BCUT2D eigenvalue weighted by Crippen LogP contribution is 2.04. The molecule has 2 amide bonds. The molecule has 1 atom stereocenters. The zero-order valence-electron chi connectivity index (χ0n) is 10.8. The van der Waals surface area contributed by atoms with Crippen LogP contribution < -0.4 is 11.1 Å². The van der Waals surface area contributed by atoms with Crippen molar-refractivity contribution in [2.75, 3.05) is 40.0 Å². The quantitative estimate of drug-likeness (QED) is 0.433. The van der Waals surface area contributed by atoms with Crippen molar-refractivity contribution in [1.29, 1.82) is 5.41 Å². The molecular formula is C11H22N4O3. The third kappa shape index (κ3) is 5.33. The molecule has 0 aromatic carbocycles. The number of nitrogens with two attached hydrogens (primary N) is 1. The van der Waals surface area contributed by atoms with E-state index in [9.17, 15) is 4.79 Å². The van der Waals surface area contributed by atoms with Crippen molar-refractivity contribution in [1.82, 2.24) is 10.2 Å². The molecule has 0 aromatic rings. The first-order chi connectivity index (χ1) is 8.63. The van der Waals surface area contributed by atoms with Gasteiger partial charge in [0.2, 0.25) is 0 Å². The third-order valence-electron chi connectivity index (χ3n) is 2.76. The number of nitrogens with zero attached hydrogens (tertiary/aromatic N) is 1. The molecule has 0 spiro atoms. The summed E-state index contributed by atoms with van der Waals surface area (Å²) in [5, 5.41) is 10.1. The number of amidine groups is 1. The molecule has 0 bridgehead atoms. The smallest absolute Gasteiger partial charge is 0.317 e. The lowest BCUT2D eigenvalue weighted by Gasteiger charge is -2.24. The average Bonchev–Trinajstić information content (AvgIpc) is 2.81. The van der Waals surface area contributed by atoms with Crippen molar-refractivity contribution in [3.8, 4) is 0 Å². The molecule has 0 aromatic heterocycles. The van der Waals surface area contributed by atoms with Crippen LogP contribution in [-0.2, 0) is 9.47 Å². The number of rotatable bonds is 7. The van der Waals surface area contributed by atoms with Crippen molar-refractivity contribution in [3.05, 3.63) is 0 Å².